The van der Waals surface area contributed by atoms with E-state index in [4.69, 9.17) is 0 Å². The van der Waals surface area contributed by atoms with Gasteiger partial charge in [-0.1, -0.05) is 19.9 Å². The van der Waals surface area contributed by atoms with E-state index in [9.17, 15) is 0 Å². The Morgan fingerprint density at radius 3 is 2.30 bits per heavy atom. The van der Waals surface area contributed by atoms with E-state index < -0.39 is 0 Å². The normalized spacial score (nSPS) is 12.0. The smallest absolute Gasteiger partial charge is 0.0369 e. The number of hydrogen-bond acceptors (Lipinski definition) is 2. The second-order valence-electron chi connectivity index (χ2n) is 7.15. The standard InChI is InChI=1S/C18H32N2/c1-8-20(13-14(2)3)17-10-9-16(15(4)11-17)12-19-18(5,6)7/h9-11,14,19H,8,12-13H2,1-7H3. The van der Waals surface area contributed by atoms with Crippen LogP contribution in [0.1, 0.15) is 52.7 Å². The highest BCUT2D eigenvalue weighted by Crippen LogP contribution is 2.20. The van der Waals surface area contributed by atoms with Crippen molar-refractivity contribution >= 4 is 5.69 Å². The summed E-state index contributed by atoms with van der Waals surface area (Å²) in [4.78, 5) is 2.46. The Morgan fingerprint density at radius 2 is 1.85 bits per heavy atom. The van der Waals surface area contributed by atoms with Crippen LogP contribution in [0.25, 0.3) is 0 Å². The Bertz CT molecular complexity index is 416. The Labute approximate surface area is 125 Å². The maximum atomic E-state index is 3.56. The van der Waals surface area contributed by atoms with E-state index in [1.54, 1.807) is 0 Å². The van der Waals surface area contributed by atoms with Gasteiger partial charge in [0.1, 0.15) is 0 Å². The fourth-order valence-electron chi connectivity index (χ4n) is 2.29. The molecule has 0 saturated carbocycles. The molecule has 0 aromatic heterocycles. The molecule has 2 nitrogen and oxygen atoms in total. The van der Waals surface area contributed by atoms with Crippen molar-refractivity contribution in [3.63, 3.8) is 0 Å². The summed E-state index contributed by atoms with van der Waals surface area (Å²) in [5, 5.41) is 3.56. The van der Waals surface area contributed by atoms with E-state index in [-0.39, 0.29) is 5.54 Å². The van der Waals surface area contributed by atoms with Crippen LogP contribution >= 0.6 is 0 Å². The van der Waals surface area contributed by atoms with Crippen molar-refractivity contribution < 1.29 is 0 Å². The molecule has 0 saturated heterocycles. The zero-order valence-electron chi connectivity index (χ0n) is 14.4. The highest BCUT2D eigenvalue weighted by Gasteiger charge is 2.11. The summed E-state index contributed by atoms with van der Waals surface area (Å²) in [6, 6.07) is 6.86. The second kappa shape index (κ2) is 7.12. The molecule has 1 aromatic carbocycles. The molecule has 0 amide bonds. The molecule has 0 fully saturated rings. The molecule has 1 N–H and O–H groups in total. The summed E-state index contributed by atoms with van der Waals surface area (Å²) in [5.41, 5.74) is 4.28. The largest absolute Gasteiger partial charge is 0.372 e. The molecular weight excluding hydrogens is 244 g/mol. The van der Waals surface area contributed by atoms with Crippen LogP contribution in [0.3, 0.4) is 0 Å². The van der Waals surface area contributed by atoms with Crippen molar-refractivity contribution in [2.24, 2.45) is 5.92 Å². The number of hydrogen-bond donors (Lipinski definition) is 1. The van der Waals surface area contributed by atoms with Crippen LogP contribution in [0, 0.1) is 12.8 Å². The molecule has 0 heterocycles. The van der Waals surface area contributed by atoms with Crippen LogP contribution < -0.4 is 10.2 Å². The lowest BCUT2D eigenvalue weighted by molar-refractivity contribution is 0.424. The number of benzene rings is 1. The lowest BCUT2D eigenvalue weighted by Crippen LogP contribution is -2.35. The minimum atomic E-state index is 0.165. The highest BCUT2D eigenvalue weighted by atomic mass is 15.1. The van der Waals surface area contributed by atoms with Crippen LogP contribution in [0.15, 0.2) is 18.2 Å². The first-order valence-electron chi connectivity index (χ1n) is 7.82. The molecule has 0 aliphatic carbocycles. The predicted molar refractivity (Wildman–Crippen MR) is 90.5 cm³/mol. The molecule has 0 bridgehead atoms. The third-order valence-electron chi connectivity index (χ3n) is 3.47. The number of anilines is 1. The van der Waals surface area contributed by atoms with Crippen molar-refractivity contribution in [2.75, 3.05) is 18.0 Å². The number of nitrogens with zero attached hydrogens (tertiary/aromatic N) is 1. The van der Waals surface area contributed by atoms with Crippen molar-refractivity contribution in [1.82, 2.24) is 5.32 Å². The van der Waals surface area contributed by atoms with Gasteiger partial charge in [0, 0.05) is 30.9 Å². The molecule has 0 atom stereocenters. The maximum absolute atomic E-state index is 3.56. The molecule has 0 aliphatic heterocycles. The van der Waals surface area contributed by atoms with Gasteiger partial charge in [0.15, 0.2) is 0 Å². The number of rotatable bonds is 6. The van der Waals surface area contributed by atoms with Crippen LogP contribution in [0.5, 0.6) is 0 Å². The van der Waals surface area contributed by atoms with Gasteiger partial charge in [-0.05, 0) is 63.8 Å². The van der Waals surface area contributed by atoms with Gasteiger partial charge in [-0.3, -0.25) is 0 Å². The van der Waals surface area contributed by atoms with Crippen molar-refractivity contribution in [3.05, 3.63) is 29.3 Å². The Morgan fingerprint density at radius 1 is 1.20 bits per heavy atom. The fourth-order valence-corrected chi connectivity index (χ4v) is 2.29. The van der Waals surface area contributed by atoms with Gasteiger partial charge in [0.2, 0.25) is 0 Å². The number of nitrogens with one attached hydrogen (secondary N) is 1. The molecule has 0 unspecified atom stereocenters. The summed E-state index contributed by atoms with van der Waals surface area (Å²) in [5.74, 6) is 0.692. The van der Waals surface area contributed by atoms with Crippen LogP contribution in [0.2, 0.25) is 0 Å². The quantitative estimate of drug-likeness (QED) is 0.830. The SMILES string of the molecule is CCN(CC(C)C)c1ccc(CNC(C)(C)C)c(C)c1. The average Bonchev–Trinajstić information content (AvgIpc) is 2.33. The van der Waals surface area contributed by atoms with Gasteiger partial charge in [-0.15, -0.1) is 0 Å². The first kappa shape index (κ1) is 17.0. The van der Waals surface area contributed by atoms with E-state index in [2.05, 4.69) is 76.9 Å². The minimum Gasteiger partial charge on any atom is -0.372 e. The zero-order valence-corrected chi connectivity index (χ0v) is 14.4. The van der Waals surface area contributed by atoms with Gasteiger partial charge in [-0.25, -0.2) is 0 Å². The van der Waals surface area contributed by atoms with Crippen LogP contribution in [-0.2, 0) is 6.54 Å². The molecule has 0 aliphatic rings. The van der Waals surface area contributed by atoms with Crippen LogP contribution in [0.4, 0.5) is 5.69 Å². The summed E-state index contributed by atoms with van der Waals surface area (Å²) in [6.45, 7) is 18.7. The van der Waals surface area contributed by atoms with E-state index in [0.29, 0.717) is 5.92 Å². The lowest BCUT2D eigenvalue weighted by atomic mass is 10.0. The highest BCUT2D eigenvalue weighted by molar-refractivity contribution is 5.50. The molecule has 1 rings (SSSR count). The van der Waals surface area contributed by atoms with E-state index in [0.717, 1.165) is 19.6 Å². The monoisotopic (exact) mass is 276 g/mol. The van der Waals surface area contributed by atoms with Gasteiger partial charge >= 0.3 is 0 Å². The molecule has 0 radical (unpaired) electrons. The Hall–Kier alpha value is -1.02. The predicted octanol–water partition coefficient (Wildman–Crippen LogP) is 4.37. The van der Waals surface area contributed by atoms with Gasteiger partial charge in [0.05, 0.1) is 0 Å². The first-order valence-corrected chi connectivity index (χ1v) is 7.82. The third-order valence-corrected chi connectivity index (χ3v) is 3.47. The van der Waals surface area contributed by atoms with Crippen molar-refractivity contribution in [1.29, 1.82) is 0 Å². The molecular formula is C18H32N2. The Kier molecular flexibility index (Phi) is 6.07. The maximum Gasteiger partial charge on any atom is 0.0369 e. The fraction of sp³-hybridized carbons (Fsp3) is 0.667. The second-order valence-corrected chi connectivity index (χ2v) is 7.15. The molecule has 114 valence electrons. The summed E-state index contributed by atoms with van der Waals surface area (Å²) < 4.78 is 0. The molecule has 2 heteroatoms. The summed E-state index contributed by atoms with van der Waals surface area (Å²) >= 11 is 0. The van der Waals surface area contributed by atoms with Crippen LogP contribution in [-0.4, -0.2) is 18.6 Å². The van der Waals surface area contributed by atoms with E-state index in [1.807, 2.05) is 0 Å². The molecule has 0 spiro atoms. The zero-order chi connectivity index (χ0) is 15.3. The summed E-state index contributed by atoms with van der Waals surface area (Å²) in [6.07, 6.45) is 0. The minimum absolute atomic E-state index is 0.165. The number of aryl methyl sites for hydroxylation is 1. The third kappa shape index (κ3) is 5.54. The topological polar surface area (TPSA) is 15.3 Å². The Balaban J connectivity index is 2.81. The average molecular weight is 276 g/mol. The molecule has 20 heavy (non-hydrogen) atoms. The lowest BCUT2D eigenvalue weighted by Gasteiger charge is -2.26. The molecule has 1 aromatic rings. The van der Waals surface area contributed by atoms with E-state index >= 15 is 0 Å². The van der Waals surface area contributed by atoms with Gasteiger partial charge in [-0.2, -0.15) is 0 Å². The summed E-state index contributed by atoms with van der Waals surface area (Å²) in [7, 11) is 0. The van der Waals surface area contributed by atoms with Gasteiger partial charge in [0.25, 0.3) is 0 Å². The van der Waals surface area contributed by atoms with Crippen molar-refractivity contribution in [2.45, 2.75) is 60.5 Å². The van der Waals surface area contributed by atoms with E-state index in [1.165, 1.54) is 16.8 Å². The van der Waals surface area contributed by atoms with Crippen molar-refractivity contribution in [3.8, 4) is 0 Å². The first-order chi connectivity index (χ1) is 9.23. The van der Waals surface area contributed by atoms with Gasteiger partial charge < -0.3 is 10.2 Å².